The van der Waals surface area contributed by atoms with Crippen LogP contribution in [0.2, 0.25) is 10.0 Å². The highest BCUT2D eigenvalue weighted by Gasteiger charge is 2.19. The summed E-state index contributed by atoms with van der Waals surface area (Å²) in [5.41, 5.74) is 0.890. The molecule has 0 spiro atoms. The molecule has 0 aliphatic rings. The van der Waals surface area contributed by atoms with E-state index in [-0.39, 0.29) is 11.7 Å². The molecular formula is C19H20Cl2FNO2S. The first-order valence-corrected chi connectivity index (χ1v) is 10.1. The summed E-state index contributed by atoms with van der Waals surface area (Å²) in [5, 5.41) is 4.09. The molecule has 26 heavy (non-hydrogen) atoms. The largest absolute Gasteiger partial charge is 0.478 e. The highest BCUT2D eigenvalue weighted by atomic mass is 35.5. The quantitative estimate of drug-likeness (QED) is 0.561. The van der Waals surface area contributed by atoms with Gasteiger partial charge >= 0.3 is 0 Å². The summed E-state index contributed by atoms with van der Waals surface area (Å²) < 4.78 is 19.1. The standard InChI is InChI=1S/C19H20Cl2FNO2S/c1-2-17(25-18-9-4-3-8-16(18)22)19(24)23-10-11-26-12-13-14(20)6-5-7-15(13)21/h3-9,17H,2,10-12H2,1H3,(H,23,24)/t17-/m1/s1. The minimum Gasteiger partial charge on any atom is -0.478 e. The number of benzene rings is 2. The van der Waals surface area contributed by atoms with Crippen LogP contribution >= 0.6 is 35.0 Å². The molecule has 0 aliphatic carbocycles. The second-order valence-corrected chi connectivity index (χ2v) is 7.41. The third kappa shape index (κ3) is 6.08. The highest BCUT2D eigenvalue weighted by molar-refractivity contribution is 7.98. The molecule has 2 aromatic rings. The number of para-hydroxylation sites is 1. The van der Waals surface area contributed by atoms with Crippen molar-refractivity contribution in [3.63, 3.8) is 0 Å². The molecule has 0 heterocycles. The van der Waals surface area contributed by atoms with Gasteiger partial charge in [-0.1, -0.05) is 48.3 Å². The number of ether oxygens (including phenoxy) is 1. The number of hydrogen-bond acceptors (Lipinski definition) is 3. The number of thioether (sulfide) groups is 1. The minimum absolute atomic E-state index is 0.0808. The van der Waals surface area contributed by atoms with Crippen LogP contribution in [0.15, 0.2) is 42.5 Å². The fourth-order valence-electron chi connectivity index (χ4n) is 2.22. The molecule has 0 unspecified atom stereocenters. The van der Waals surface area contributed by atoms with E-state index in [1.807, 2.05) is 6.92 Å². The van der Waals surface area contributed by atoms with E-state index in [2.05, 4.69) is 5.32 Å². The Morgan fingerprint density at radius 3 is 2.54 bits per heavy atom. The molecule has 0 saturated heterocycles. The second kappa shape index (κ2) is 10.7. The lowest BCUT2D eigenvalue weighted by molar-refractivity contribution is -0.128. The van der Waals surface area contributed by atoms with Gasteiger partial charge in [0, 0.05) is 28.1 Å². The van der Waals surface area contributed by atoms with Crippen LogP contribution in [0.4, 0.5) is 4.39 Å². The van der Waals surface area contributed by atoms with Crippen molar-refractivity contribution in [3.8, 4) is 5.75 Å². The van der Waals surface area contributed by atoms with Gasteiger partial charge in [0.15, 0.2) is 17.7 Å². The number of carbonyl (C=O) groups excluding carboxylic acids is 1. The van der Waals surface area contributed by atoms with Gasteiger partial charge in [0.05, 0.1) is 0 Å². The lowest BCUT2D eigenvalue weighted by Gasteiger charge is -2.17. The van der Waals surface area contributed by atoms with Gasteiger partial charge < -0.3 is 10.1 Å². The Morgan fingerprint density at radius 2 is 1.88 bits per heavy atom. The number of halogens is 3. The van der Waals surface area contributed by atoms with Crippen molar-refractivity contribution >= 4 is 40.9 Å². The maximum absolute atomic E-state index is 13.6. The van der Waals surface area contributed by atoms with Crippen LogP contribution in [0.3, 0.4) is 0 Å². The lowest BCUT2D eigenvalue weighted by Crippen LogP contribution is -2.39. The van der Waals surface area contributed by atoms with Gasteiger partial charge in [-0.3, -0.25) is 4.79 Å². The molecule has 3 nitrogen and oxygen atoms in total. The average Bonchev–Trinajstić information content (AvgIpc) is 2.62. The molecule has 0 saturated carbocycles. The van der Waals surface area contributed by atoms with Crippen molar-refractivity contribution in [1.29, 1.82) is 0 Å². The van der Waals surface area contributed by atoms with Gasteiger partial charge in [-0.05, 0) is 36.2 Å². The molecule has 7 heteroatoms. The molecule has 1 atom stereocenters. The van der Waals surface area contributed by atoms with Crippen LogP contribution in [0.5, 0.6) is 5.75 Å². The van der Waals surface area contributed by atoms with Crippen LogP contribution in [0.1, 0.15) is 18.9 Å². The zero-order valence-electron chi connectivity index (χ0n) is 14.3. The zero-order valence-corrected chi connectivity index (χ0v) is 16.6. The third-order valence-corrected chi connectivity index (χ3v) is 5.32. The van der Waals surface area contributed by atoms with Crippen molar-refractivity contribution in [3.05, 3.63) is 63.9 Å². The van der Waals surface area contributed by atoms with Gasteiger partial charge in [0.25, 0.3) is 5.91 Å². The predicted octanol–water partition coefficient (Wildman–Crippen LogP) is 5.34. The van der Waals surface area contributed by atoms with Crippen molar-refractivity contribution in [1.82, 2.24) is 5.32 Å². The van der Waals surface area contributed by atoms with E-state index in [1.54, 1.807) is 42.1 Å². The Morgan fingerprint density at radius 1 is 1.19 bits per heavy atom. The normalized spacial score (nSPS) is 11.8. The maximum atomic E-state index is 13.6. The molecule has 2 aromatic carbocycles. The van der Waals surface area contributed by atoms with Gasteiger partial charge in [-0.15, -0.1) is 0 Å². The maximum Gasteiger partial charge on any atom is 0.261 e. The van der Waals surface area contributed by atoms with Crippen molar-refractivity contribution in [2.45, 2.75) is 25.2 Å². The Hall–Kier alpha value is -1.43. The van der Waals surface area contributed by atoms with E-state index in [1.165, 1.54) is 12.1 Å². The van der Waals surface area contributed by atoms with Crippen molar-refractivity contribution in [2.75, 3.05) is 12.3 Å². The summed E-state index contributed by atoms with van der Waals surface area (Å²) in [6.07, 6.45) is -0.280. The fourth-order valence-corrected chi connectivity index (χ4v) is 3.82. The van der Waals surface area contributed by atoms with E-state index in [0.29, 0.717) is 34.5 Å². The van der Waals surface area contributed by atoms with E-state index < -0.39 is 11.9 Å². The van der Waals surface area contributed by atoms with E-state index >= 15 is 0 Å². The van der Waals surface area contributed by atoms with Crippen LogP contribution in [0, 0.1) is 5.82 Å². The summed E-state index contributed by atoms with van der Waals surface area (Å²) >= 11 is 13.9. The number of nitrogens with one attached hydrogen (secondary N) is 1. The van der Waals surface area contributed by atoms with Crippen LogP contribution in [-0.2, 0) is 10.5 Å². The Balaban J connectivity index is 1.76. The van der Waals surface area contributed by atoms with Gasteiger partial charge in [-0.25, -0.2) is 4.39 Å². The van der Waals surface area contributed by atoms with E-state index in [4.69, 9.17) is 27.9 Å². The molecule has 140 valence electrons. The number of carbonyl (C=O) groups is 1. The van der Waals surface area contributed by atoms with E-state index in [9.17, 15) is 9.18 Å². The molecule has 1 amide bonds. The molecule has 0 bridgehead atoms. The van der Waals surface area contributed by atoms with E-state index in [0.717, 1.165) is 5.56 Å². The number of hydrogen-bond donors (Lipinski definition) is 1. The average molecular weight is 416 g/mol. The Labute approximate surface area is 167 Å². The second-order valence-electron chi connectivity index (χ2n) is 5.49. The smallest absolute Gasteiger partial charge is 0.261 e. The topological polar surface area (TPSA) is 38.3 Å². The Bertz CT molecular complexity index is 725. The summed E-state index contributed by atoms with van der Waals surface area (Å²) in [7, 11) is 0. The first-order valence-electron chi connectivity index (χ1n) is 8.22. The minimum atomic E-state index is -0.727. The van der Waals surface area contributed by atoms with Crippen molar-refractivity contribution < 1.29 is 13.9 Å². The van der Waals surface area contributed by atoms with Crippen molar-refractivity contribution in [2.24, 2.45) is 0 Å². The zero-order chi connectivity index (χ0) is 18.9. The lowest BCUT2D eigenvalue weighted by atomic mass is 10.2. The predicted molar refractivity (Wildman–Crippen MR) is 107 cm³/mol. The fraction of sp³-hybridized carbons (Fsp3) is 0.316. The number of rotatable bonds is 9. The van der Waals surface area contributed by atoms with Crippen LogP contribution in [-0.4, -0.2) is 24.3 Å². The monoisotopic (exact) mass is 415 g/mol. The van der Waals surface area contributed by atoms with Crippen LogP contribution in [0.25, 0.3) is 0 Å². The Kier molecular flexibility index (Phi) is 8.55. The van der Waals surface area contributed by atoms with Gasteiger partial charge in [0.2, 0.25) is 0 Å². The highest BCUT2D eigenvalue weighted by Crippen LogP contribution is 2.28. The summed E-state index contributed by atoms with van der Waals surface area (Å²) in [4.78, 5) is 12.2. The molecule has 1 N–H and O–H groups in total. The third-order valence-electron chi connectivity index (χ3n) is 3.62. The SMILES string of the molecule is CC[C@@H](Oc1ccccc1F)C(=O)NCCSCc1c(Cl)cccc1Cl. The molecule has 0 fully saturated rings. The number of amides is 1. The molecule has 0 radical (unpaired) electrons. The first kappa shape index (κ1) is 20.9. The molecular weight excluding hydrogens is 396 g/mol. The first-order chi connectivity index (χ1) is 12.5. The summed E-state index contributed by atoms with van der Waals surface area (Å²) in [5.74, 6) is 0.705. The molecule has 2 rings (SSSR count). The summed E-state index contributed by atoms with van der Waals surface area (Å²) in [6.45, 7) is 2.29. The van der Waals surface area contributed by atoms with Gasteiger partial charge in [0.1, 0.15) is 0 Å². The molecule has 0 aromatic heterocycles. The summed E-state index contributed by atoms with van der Waals surface area (Å²) in [6, 6.07) is 11.5. The van der Waals surface area contributed by atoms with Crippen LogP contribution < -0.4 is 10.1 Å². The van der Waals surface area contributed by atoms with Gasteiger partial charge in [-0.2, -0.15) is 11.8 Å². The molecule has 0 aliphatic heterocycles.